The topological polar surface area (TPSA) is 111 Å². The van der Waals surface area contributed by atoms with Crippen LogP contribution in [0.15, 0.2) is 64.8 Å². The van der Waals surface area contributed by atoms with Crippen molar-refractivity contribution < 1.29 is 22.1 Å². The van der Waals surface area contributed by atoms with E-state index >= 15 is 0 Å². The molecule has 1 saturated carbocycles. The van der Waals surface area contributed by atoms with Crippen LogP contribution in [0.1, 0.15) is 31.2 Å². The van der Waals surface area contributed by atoms with E-state index in [1.54, 1.807) is 25.4 Å². The van der Waals surface area contributed by atoms with E-state index in [-0.39, 0.29) is 4.90 Å². The van der Waals surface area contributed by atoms with Crippen molar-refractivity contribution in [3.63, 3.8) is 0 Å². The van der Waals surface area contributed by atoms with Crippen LogP contribution in [0.25, 0.3) is 5.65 Å². The van der Waals surface area contributed by atoms with Crippen LogP contribution in [-0.4, -0.2) is 55.6 Å². The van der Waals surface area contributed by atoms with Crippen LogP contribution in [0.4, 0.5) is 0 Å². The van der Waals surface area contributed by atoms with Crippen molar-refractivity contribution in [1.29, 1.82) is 0 Å². The van der Waals surface area contributed by atoms with Crippen LogP contribution in [0.5, 0.6) is 0 Å². The van der Waals surface area contributed by atoms with E-state index in [9.17, 15) is 13.2 Å². The number of hydrogen-bond acceptors (Lipinski definition) is 8. The minimum atomic E-state index is -3.90. The minimum absolute atomic E-state index is 0.0489. The van der Waals surface area contributed by atoms with Gasteiger partial charge < -0.3 is 18.6 Å². The molecule has 1 aliphatic carbocycles. The average molecular weight is 549 g/mol. The zero-order chi connectivity index (χ0) is 25.8. The summed E-state index contributed by atoms with van der Waals surface area (Å²) in [5.41, 5.74) is 0.987. The molecule has 0 amide bonds. The molecule has 0 spiro atoms. The maximum Gasteiger partial charge on any atom is 0.321 e. The lowest BCUT2D eigenvalue weighted by Crippen LogP contribution is -2.54. The normalized spacial score (nSPS) is 20.2. The number of sulfonamides is 1. The van der Waals surface area contributed by atoms with Gasteiger partial charge in [0.1, 0.15) is 18.3 Å². The second-order valence-corrected chi connectivity index (χ2v) is 11.6. The number of benzene rings is 1. The van der Waals surface area contributed by atoms with Crippen LogP contribution in [0.3, 0.4) is 0 Å². The molecule has 2 unspecified atom stereocenters. The smallest absolute Gasteiger partial charge is 0.321 e. The van der Waals surface area contributed by atoms with Crippen LogP contribution in [0, 0.1) is 0 Å². The molecule has 12 heteroatoms. The Bertz CT molecular complexity index is 1340. The fraction of sp³-hybridized carbons (Fsp3) is 0.375. The highest BCUT2D eigenvalue weighted by Gasteiger charge is 2.48. The lowest BCUT2D eigenvalue weighted by atomic mass is 9.67. The van der Waals surface area contributed by atoms with Crippen molar-refractivity contribution in [2.24, 2.45) is 0 Å². The van der Waals surface area contributed by atoms with Crippen molar-refractivity contribution in [2.75, 3.05) is 20.7 Å². The van der Waals surface area contributed by atoms with Gasteiger partial charge in [-0.05, 0) is 55.2 Å². The van der Waals surface area contributed by atoms with E-state index in [0.717, 1.165) is 41.0 Å². The third kappa shape index (κ3) is 5.42. The van der Waals surface area contributed by atoms with Gasteiger partial charge in [-0.3, -0.25) is 4.79 Å². The summed E-state index contributed by atoms with van der Waals surface area (Å²) in [4.78, 5) is 18.6. The Balaban J connectivity index is 1.52. The van der Waals surface area contributed by atoms with Gasteiger partial charge in [-0.25, -0.2) is 13.4 Å². The Morgan fingerprint density at radius 1 is 1.25 bits per heavy atom. The zero-order valence-corrected chi connectivity index (χ0v) is 22.4. The molecule has 9 nitrogen and oxygen atoms in total. The lowest BCUT2D eigenvalue weighted by Gasteiger charge is -2.44. The summed E-state index contributed by atoms with van der Waals surface area (Å²) in [6.45, 7) is -0.490. The number of nitrogens with one attached hydrogen (secondary N) is 2. The third-order valence-electron chi connectivity index (χ3n) is 6.37. The number of rotatable bonds is 9. The van der Waals surface area contributed by atoms with Gasteiger partial charge in [-0.2, -0.15) is 4.72 Å². The van der Waals surface area contributed by atoms with Gasteiger partial charge in [0.2, 0.25) is 10.0 Å². The predicted molar refractivity (Wildman–Crippen MR) is 141 cm³/mol. The van der Waals surface area contributed by atoms with Gasteiger partial charge in [-0.15, -0.1) is 0 Å². The average Bonchev–Trinajstić information content (AvgIpc) is 3.36. The quantitative estimate of drug-likeness (QED) is 0.236. The highest BCUT2D eigenvalue weighted by molar-refractivity contribution is 7.94. The largest absolute Gasteiger partial charge is 0.460 e. The fourth-order valence-electron chi connectivity index (χ4n) is 4.64. The summed E-state index contributed by atoms with van der Waals surface area (Å²) in [6, 6.07) is 10.1. The second kappa shape index (κ2) is 11.3. The molecule has 2 N–H and O–H groups in total. The van der Waals surface area contributed by atoms with Crippen molar-refractivity contribution in [3.05, 3.63) is 60.6 Å². The standard InChI is InChI=1S/C24H28N4O5S3/c1-25-23(34)24(17-6-11-21-26-13-14-28(21)16-17)12-4-3-5-20(24)33-22(29)15-27-36(30,31)19-9-7-18(8-10-19)35-32-2/h6-11,13-14,16,20,27H,3-5,12,15H2,1-2H3,(H,25,34). The molecule has 2 atom stereocenters. The molecule has 192 valence electrons. The number of aromatic nitrogens is 2. The van der Waals surface area contributed by atoms with E-state index in [1.807, 2.05) is 28.9 Å². The number of carbonyl (C=O) groups excluding carboxylic acids is 1. The number of ether oxygens (including phenoxy) is 1. The van der Waals surface area contributed by atoms with Crippen LogP contribution >= 0.6 is 24.3 Å². The van der Waals surface area contributed by atoms with E-state index in [4.69, 9.17) is 21.1 Å². The summed E-state index contributed by atoms with van der Waals surface area (Å²) in [6.07, 6.45) is 8.09. The van der Waals surface area contributed by atoms with Gasteiger partial charge in [-0.1, -0.05) is 24.7 Å². The first-order valence-corrected chi connectivity index (χ1v) is 14.1. The van der Waals surface area contributed by atoms with Crippen LogP contribution < -0.4 is 10.0 Å². The zero-order valence-electron chi connectivity index (χ0n) is 20.0. The molecule has 2 aromatic heterocycles. The third-order valence-corrected chi connectivity index (χ3v) is 8.98. The van der Waals surface area contributed by atoms with Gasteiger partial charge in [0, 0.05) is 42.6 Å². The first kappa shape index (κ1) is 26.6. The number of carbonyl (C=O) groups is 1. The molecule has 0 saturated heterocycles. The predicted octanol–water partition coefficient (Wildman–Crippen LogP) is 3.24. The molecule has 2 heterocycles. The number of pyridine rings is 1. The molecular weight excluding hydrogens is 520 g/mol. The first-order valence-electron chi connectivity index (χ1n) is 11.5. The van der Waals surface area contributed by atoms with Crippen LogP contribution in [-0.2, 0) is 29.2 Å². The van der Waals surface area contributed by atoms with Gasteiger partial charge in [0.15, 0.2) is 0 Å². The number of esters is 1. The summed E-state index contributed by atoms with van der Waals surface area (Å²) < 4.78 is 40.6. The number of imidazole rings is 1. The number of hydrogen-bond donors (Lipinski definition) is 2. The number of nitrogens with zero attached hydrogens (tertiary/aromatic N) is 2. The number of fused-ring (bicyclic) bond motifs is 1. The Labute approximate surface area is 220 Å². The summed E-state index contributed by atoms with van der Waals surface area (Å²) in [5, 5.41) is 3.10. The van der Waals surface area contributed by atoms with Crippen molar-refractivity contribution in [1.82, 2.24) is 19.4 Å². The monoisotopic (exact) mass is 548 g/mol. The molecule has 0 radical (unpaired) electrons. The van der Waals surface area contributed by atoms with E-state index in [0.29, 0.717) is 17.8 Å². The molecule has 1 aromatic carbocycles. The van der Waals surface area contributed by atoms with E-state index < -0.39 is 34.1 Å². The van der Waals surface area contributed by atoms with E-state index in [1.165, 1.54) is 19.2 Å². The first-order chi connectivity index (χ1) is 17.3. The van der Waals surface area contributed by atoms with Crippen molar-refractivity contribution >= 4 is 50.9 Å². The maximum atomic E-state index is 12.9. The Morgan fingerprint density at radius 2 is 2.03 bits per heavy atom. The minimum Gasteiger partial charge on any atom is -0.460 e. The SMILES string of the molecule is CNC(=S)C1(c2ccc3nccn3c2)CCCCC1OC(=O)CNS(=O)(=O)c1ccc(SOC)cc1. The lowest BCUT2D eigenvalue weighted by molar-refractivity contribution is -0.151. The highest BCUT2D eigenvalue weighted by Crippen LogP contribution is 2.42. The van der Waals surface area contributed by atoms with Crippen molar-refractivity contribution in [2.45, 2.75) is 47.0 Å². The molecule has 1 fully saturated rings. The van der Waals surface area contributed by atoms with Crippen LogP contribution in [0.2, 0.25) is 0 Å². The summed E-state index contributed by atoms with van der Waals surface area (Å²) in [5.74, 6) is -0.663. The molecule has 4 rings (SSSR count). The molecule has 0 aliphatic heterocycles. The summed E-state index contributed by atoms with van der Waals surface area (Å²) >= 11 is 6.89. The maximum absolute atomic E-state index is 12.9. The Hall–Kier alpha value is -2.51. The number of thiocarbonyl (C=S) groups is 1. The fourth-order valence-corrected chi connectivity index (χ4v) is 6.40. The Morgan fingerprint density at radius 3 is 2.75 bits per heavy atom. The van der Waals surface area contributed by atoms with Gasteiger partial charge in [0.25, 0.3) is 0 Å². The second-order valence-electron chi connectivity index (χ2n) is 8.43. The van der Waals surface area contributed by atoms with Crippen molar-refractivity contribution in [3.8, 4) is 0 Å². The molecular formula is C24H28N4O5S3. The van der Waals surface area contributed by atoms with Gasteiger partial charge >= 0.3 is 5.97 Å². The Kier molecular flexibility index (Phi) is 8.30. The molecule has 0 bridgehead atoms. The summed E-state index contributed by atoms with van der Waals surface area (Å²) in [7, 11) is -0.605. The highest BCUT2D eigenvalue weighted by atomic mass is 32.2. The van der Waals surface area contributed by atoms with E-state index in [2.05, 4.69) is 15.0 Å². The molecule has 3 aromatic rings. The number of likely N-dealkylation sites (N-methyl/N-ethyl adjacent to an activating group) is 1. The van der Waals surface area contributed by atoms with Gasteiger partial charge in [0.05, 0.1) is 22.4 Å². The molecule has 1 aliphatic rings. The molecule has 36 heavy (non-hydrogen) atoms.